The summed E-state index contributed by atoms with van der Waals surface area (Å²) >= 11 is 0. The van der Waals surface area contributed by atoms with Crippen molar-refractivity contribution in [2.24, 2.45) is 0 Å². The number of hydrogen-bond acceptors (Lipinski definition) is 1. The molecule has 16 heavy (non-hydrogen) atoms. The molecular weight excluding hydrogens is 194 g/mol. The Bertz CT molecular complexity index is 356. The second-order valence-corrected chi connectivity index (χ2v) is 4.54. The molecule has 2 rings (SSSR count). The SMILES string of the molecule is C=CCCC(NCC)C1Cc2ccccc21. The first-order valence-electron chi connectivity index (χ1n) is 6.29. The summed E-state index contributed by atoms with van der Waals surface area (Å²) in [6, 6.07) is 9.45. The number of benzene rings is 1. The quantitative estimate of drug-likeness (QED) is 0.718. The van der Waals surface area contributed by atoms with E-state index in [1.807, 2.05) is 6.08 Å². The Hall–Kier alpha value is -1.08. The molecule has 1 aromatic carbocycles. The molecule has 0 aliphatic heterocycles. The van der Waals surface area contributed by atoms with Gasteiger partial charge in [0, 0.05) is 12.0 Å². The average molecular weight is 215 g/mol. The molecule has 1 aromatic rings. The number of hydrogen-bond donors (Lipinski definition) is 1. The first kappa shape index (κ1) is 11.4. The Morgan fingerprint density at radius 3 is 3.00 bits per heavy atom. The van der Waals surface area contributed by atoms with E-state index < -0.39 is 0 Å². The van der Waals surface area contributed by atoms with Gasteiger partial charge in [0.15, 0.2) is 0 Å². The van der Waals surface area contributed by atoms with Gasteiger partial charge in [-0.05, 0) is 36.9 Å². The molecule has 2 atom stereocenters. The van der Waals surface area contributed by atoms with Gasteiger partial charge in [0.1, 0.15) is 0 Å². The molecule has 0 fully saturated rings. The predicted octanol–water partition coefficient (Wildman–Crippen LogP) is 3.27. The predicted molar refractivity (Wildman–Crippen MR) is 69.8 cm³/mol. The van der Waals surface area contributed by atoms with E-state index in [1.165, 1.54) is 18.4 Å². The van der Waals surface area contributed by atoms with E-state index in [2.05, 4.69) is 43.1 Å². The largest absolute Gasteiger partial charge is 0.314 e. The molecule has 1 nitrogen and oxygen atoms in total. The minimum Gasteiger partial charge on any atom is -0.314 e. The monoisotopic (exact) mass is 215 g/mol. The van der Waals surface area contributed by atoms with Crippen LogP contribution in [0.15, 0.2) is 36.9 Å². The Morgan fingerprint density at radius 2 is 2.31 bits per heavy atom. The van der Waals surface area contributed by atoms with Crippen LogP contribution in [0.3, 0.4) is 0 Å². The maximum Gasteiger partial charge on any atom is 0.0142 e. The molecule has 0 aromatic heterocycles. The van der Waals surface area contributed by atoms with Gasteiger partial charge < -0.3 is 5.32 Å². The highest BCUT2D eigenvalue weighted by molar-refractivity contribution is 5.41. The number of rotatable bonds is 6. The molecule has 1 heteroatoms. The summed E-state index contributed by atoms with van der Waals surface area (Å²) in [5.74, 6) is 0.719. The van der Waals surface area contributed by atoms with E-state index in [9.17, 15) is 0 Å². The second kappa shape index (κ2) is 5.31. The third kappa shape index (κ3) is 2.19. The summed E-state index contributed by atoms with van der Waals surface area (Å²) in [4.78, 5) is 0. The summed E-state index contributed by atoms with van der Waals surface area (Å²) in [6.07, 6.45) is 5.58. The van der Waals surface area contributed by atoms with Crippen LogP contribution in [-0.2, 0) is 6.42 Å². The van der Waals surface area contributed by atoms with Crippen molar-refractivity contribution in [3.8, 4) is 0 Å². The van der Waals surface area contributed by atoms with E-state index >= 15 is 0 Å². The Balaban J connectivity index is 2.03. The van der Waals surface area contributed by atoms with Gasteiger partial charge in [-0.15, -0.1) is 6.58 Å². The fraction of sp³-hybridized carbons (Fsp3) is 0.467. The lowest BCUT2D eigenvalue weighted by Gasteiger charge is -2.37. The molecule has 1 N–H and O–H groups in total. The molecule has 2 unspecified atom stereocenters. The molecule has 0 bridgehead atoms. The van der Waals surface area contributed by atoms with Crippen LogP contribution in [-0.4, -0.2) is 12.6 Å². The van der Waals surface area contributed by atoms with Gasteiger partial charge in [-0.25, -0.2) is 0 Å². The van der Waals surface area contributed by atoms with Crippen molar-refractivity contribution in [3.63, 3.8) is 0 Å². The Kier molecular flexibility index (Phi) is 3.79. The lowest BCUT2D eigenvalue weighted by atomic mass is 9.72. The zero-order valence-electron chi connectivity index (χ0n) is 10.1. The Labute approximate surface area is 98.6 Å². The fourth-order valence-electron chi connectivity index (χ4n) is 2.66. The van der Waals surface area contributed by atoms with Crippen LogP contribution >= 0.6 is 0 Å². The van der Waals surface area contributed by atoms with E-state index in [1.54, 1.807) is 5.56 Å². The van der Waals surface area contributed by atoms with E-state index in [0.717, 1.165) is 18.9 Å². The van der Waals surface area contributed by atoms with Gasteiger partial charge in [-0.1, -0.05) is 37.3 Å². The van der Waals surface area contributed by atoms with Gasteiger partial charge in [0.2, 0.25) is 0 Å². The van der Waals surface area contributed by atoms with Gasteiger partial charge in [-0.2, -0.15) is 0 Å². The molecule has 0 spiro atoms. The number of allylic oxidation sites excluding steroid dienone is 1. The van der Waals surface area contributed by atoms with Crippen molar-refractivity contribution in [2.45, 2.75) is 38.1 Å². The van der Waals surface area contributed by atoms with Crippen molar-refractivity contribution in [1.82, 2.24) is 5.32 Å². The van der Waals surface area contributed by atoms with Gasteiger partial charge in [-0.3, -0.25) is 0 Å². The van der Waals surface area contributed by atoms with E-state index in [0.29, 0.717) is 6.04 Å². The maximum absolute atomic E-state index is 3.81. The van der Waals surface area contributed by atoms with Crippen molar-refractivity contribution in [2.75, 3.05) is 6.54 Å². The van der Waals surface area contributed by atoms with Crippen molar-refractivity contribution >= 4 is 0 Å². The minimum absolute atomic E-state index is 0.623. The van der Waals surface area contributed by atoms with Crippen molar-refractivity contribution in [1.29, 1.82) is 0 Å². The third-order valence-corrected chi connectivity index (χ3v) is 3.53. The van der Waals surface area contributed by atoms with Crippen LogP contribution < -0.4 is 5.32 Å². The molecule has 0 heterocycles. The average Bonchev–Trinajstić information content (AvgIpc) is 2.27. The summed E-state index contributed by atoms with van der Waals surface area (Å²) in [7, 11) is 0. The summed E-state index contributed by atoms with van der Waals surface area (Å²) in [5, 5.41) is 3.61. The molecule has 1 aliphatic rings. The van der Waals surface area contributed by atoms with Crippen LogP contribution in [0.4, 0.5) is 0 Å². The van der Waals surface area contributed by atoms with Crippen LogP contribution in [0.2, 0.25) is 0 Å². The van der Waals surface area contributed by atoms with Crippen LogP contribution in [0.25, 0.3) is 0 Å². The highest BCUT2D eigenvalue weighted by Gasteiger charge is 2.31. The van der Waals surface area contributed by atoms with Crippen LogP contribution in [0.5, 0.6) is 0 Å². The standard InChI is InChI=1S/C15H21N/c1-3-5-10-15(16-4-2)14-11-12-8-6-7-9-13(12)14/h3,6-9,14-16H,1,4-5,10-11H2,2H3. The van der Waals surface area contributed by atoms with Crippen LogP contribution in [0, 0.1) is 0 Å². The first-order chi connectivity index (χ1) is 7.86. The second-order valence-electron chi connectivity index (χ2n) is 4.54. The van der Waals surface area contributed by atoms with Crippen molar-refractivity contribution < 1.29 is 0 Å². The van der Waals surface area contributed by atoms with E-state index in [-0.39, 0.29) is 0 Å². The lowest BCUT2D eigenvalue weighted by molar-refractivity contribution is 0.388. The Morgan fingerprint density at radius 1 is 1.50 bits per heavy atom. The molecule has 1 aliphatic carbocycles. The summed E-state index contributed by atoms with van der Waals surface area (Å²) in [5.41, 5.74) is 3.09. The smallest absolute Gasteiger partial charge is 0.0142 e. The molecule has 0 saturated heterocycles. The van der Waals surface area contributed by atoms with Gasteiger partial charge in [0.25, 0.3) is 0 Å². The number of nitrogens with one attached hydrogen (secondary N) is 1. The third-order valence-electron chi connectivity index (χ3n) is 3.53. The molecule has 0 radical (unpaired) electrons. The molecular formula is C15H21N. The van der Waals surface area contributed by atoms with Crippen molar-refractivity contribution in [3.05, 3.63) is 48.0 Å². The minimum atomic E-state index is 0.623. The zero-order valence-corrected chi connectivity index (χ0v) is 10.1. The fourth-order valence-corrected chi connectivity index (χ4v) is 2.66. The summed E-state index contributed by atoms with van der Waals surface area (Å²) in [6.45, 7) is 7.05. The highest BCUT2D eigenvalue weighted by atomic mass is 14.9. The topological polar surface area (TPSA) is 12.0 Å². The number of likely N-dealkylation sites (N-methyl/N-ethyl adjacent to an activating group) is 1. The summed E-state index contributed by atoms with van der Waals surface area (Å²) < 4.78 is 0. The maximum atomic E-state index is 3.81. The molecule has 0 saturated carbocycles. The van der Waals surface area contributed by atoms with Gasteiger partial charge in [0.05, 0.1) is 0 Å². The normalized spacial score (nSPS) is 19.7. The van der Waals surface area contributed by atoms with E-state index in [4.69, 9.17) is 0 Å². The molecule has 0 amide bonds. The van der Waals surface area contributed by atoms with Crippen LogP contribution in [0.1, 0.15) is 36.8 Å². The lowest BCUT2D eigenvalue weighted by Crippen LogP contribution is -2.39. The number of fused-ring (bicyclic) bond motifs is 1. The highest BCUT2D eigenvalue weighted by Crippen LogP contribution is 2.38. The molecule has 86 valence electrons. The first-order valence-corrected chi connectivity index (χ1v) is 6.29. The zero-order chi connectivity index (χ0) is 11.4. The van der Waals surface area contributed by atoms with Gasteiger partial charge >= 0.3 is 0 Å².